The molecule has 0 heterocycles. The summed E-state index contributed by atoms with van der Waals surface area (Å²) < 4.78 is 71.4. The molecular formula is C18H15F5O2. The molecule has 0 aliphatic rings. The predicted molar refractivity (Wildman–Crippen MR) is 81.1 cm³/mol. The van der Waals surface area contributed by atoms with Gasteiger partial charge in [-0.05, 0) is 17.5 Å². The molecule has 2 nitrogen and oxygen atoms in total. The van der Waals surface area contributed by atoms with Crippen molar-refractivity contribution in [2.24, 2.45) is 0 Å². The molecule has 0 fully saturated rings. The van der Waals surface area contributed by atoms with Gasteiger partial charge in [0.2, 0.25) is 6.17 Å². The molecule has 2 atom stereocenters. The van der Waals surface area contributed by atoms with Crippen LogP contribution in [-0.2, 0) is 11.2 Å². The van der Waals surface area contributed by atoms with Crippen molar-refractivity contribution in [1.29, 1.82) is 0 Å². The third-order valence-electron chi connectivity index (χ3n) is 3.49. The van der Waals surface area contributed by atoms with Crippen LogP contribution in [0.2, 0.25) is 0 Å². The maximum absolute atomic E-state index is 14.1. The zero-order valence-electron chi connectivity index (χ0n) is 13.2. The lowest BCUT2D eigenvalue weighted by molar-refractivity contribution is -0.142. The average molecular weight is 358 g/mol. The highest BCUT2D eigenvalue weighted by molar-refractivity contribution is 5.78. The van der Waals surface area contributed by atoms with E-state index in [1.807, 2.05) is 6.92 Å². The molecule has 0 bridgehead atoms. The second-order valence-electron chi connectivity index (χ2n) is 5.42. The van der Waals surface area contributed by atoms with E-state index in [0.29, 0.717) is 12.1 Å². The van der Waals surface area contributed by atoms with Crippen molar-refractivity contribution in [3.8, 4) is 5.75 Å². The minimum absolute atomic E-state index is 0.0687. The SMILES string of the molecule is CCCc1ccc(C(F)C(F)C(=O)Oc2cc(F)c(F)c(F)c2)cc1. The number of rotatable bonds is 6. The van der Waals surface area contributed by atoms with Gasteiger partial charge in [-0.2, -0.15) is 0 Å². The zero-order valence-corrected chi connectivity index (χ0v) is 13.2. The minimum atomic E-state index is -2.70. The number of esters is 1. The molecule has 2 rings (SSSR count). The smallest absolute Gasteiger partial charge is 0.349 e. The first-order chi connectivity index (χ1) is 11.8. The molecule has 0 saturated carbocycles. The molecule has 0 amide bonds. The van der Waals surface area contributed by atoms with Crippen molar-refractivity contribution in [1.82, 2.24) is 0 Å². The van der Waals surface area contributed by atoms with Crippen LogP contribution in [-0.4, -0.2) is 12.1 Å². The molecule has 2 unspecified atom stereocenters. The summed E-state index contributed by atoms with van der Waals surface area (Å²) in [5.74, 6) is -7.40. The summed E-state index contributed by atoms with van der Waals surface area (Å²) in [6.07, 6.45) is -3.34. The van der Waals surface area contributed by atoms with Crippen LogP contribution in [0.25, 0.3) is 0 Å². The van der Waals surface area contributed by atoms with E-state index < -0.39 is 41.5 Å². The van der Waals surface area contributed by atoms with Gasteiger partial charge in [-0.15, -0.1) is 0 Å². The minimum Gasteiger partial charge on any atom is -0.424 e. The van der Waals surface area contributed by atoms with Crippen molar-refractivity contribution < 1.29 is 31.5 Å². The Morgan fingerprint density at radius 3 is 2.12 bits per heavy atom. The van der Waals surface area contributed by atoms with E-state index in [1.165, 1.54) is 12.1 Å². The molecular weight excluding hydrogens is 343 g/mol. The van der Waals surface area contributed by atoms with E-state index in [-0.39, 0.29) is 5.56 Å². The Kier molecular flexibility index (Phi) is 6.12. The average Bonchev–Trinajstić information content (AvgIpc) is 2.59. The molecule has 0 saturated heterocycles. The summed E-state index contributed by atoms with van der Waals surface area (Å²) in [5, 5.41) is 0. The van der Waals surface area contributed by atoms with Gasteiger partial charge in [-0.25, -0.2) is 26.7 Å². The van der Waals surface area contributed by atoms with Crippen LogP contribution in [0, 0.1) is 17.5 Å². The summed E-state index contributed by atoms with van der Waals surface area (Å²) in [6.45, 7) is 1.97. The first-order valence-electron chi connectivity index (χ1n) is 7.56. The number of alkyl halides is 2. The normalized spacial score (nSPS) is 13.4. The summed E-state index contributed by atoms with van der Waals surface area (Å²) in [5.41, 5.74) is 0.870. The summed E-state index contributed by atoms with van der Waals surface area (Å²) in [7, 11) is 0. The Bertz CT molecular complexity index is 723. The lowest BCUT2D eigenvalue weighted by Crippen LogP contribution is -2.26. The molecule has 0 aromatic heterocycles. The number of carbonyl (C=O) groups excluding carboxylic acids is 1. The summed E-state index contributed by atoms with van der Waals surface area (Å²) in [4.78, 5) is 11.6. The van der Waals surface area contributed by atoms with Gasteiger partial charge in [0, 0.05) is 12.1 Å². The van der Waals surface area contributed by atoms with Crippen LogP contribution in [0.15, 0.2) is 36.4 Å². The zero-order chi connectivity index (χ0) is 18.6. The maximum Gasteiger partial charge on any atom is 0.349 e. The topological polar surface area (TPSA) is 26.3 Å². The molecule has 2 aromatic rings. The monoisotopic (exact) mass is 358 g/mol. The fraction of sp³-hybridized carbons (Fsp3) is 0.278. The van der Waals surface area contributed by atoms with E-state index >= 15 is 0 Å². The largest absolute Gasteiger partial charge is 0.424 e. The van der Waals surface area contributed by atoms with E-state index in [4.69, 9.17) is 0 Å². The second kappa shape index (κ2) is 8.09. The molecule has 0 radical (unpaired) electrons. The Balaban J connectivity index is 2.08. The van der Waals surface area contributed by atoms with Gasteiger partial charge >= 0.3 is 5.97 Å². The number of hydrogen-bond donors (Lipinski definition) is 0. The lowest BCUT2D eigenvalue weighted by atomic mass is 10.0. The highest BCUT2D eigenvalue weighted by Crippen LogP contribution is 2.27. The van der Waals surface area contributed by atoms with E-state index in [2.05, 4.69) is 4.74 Å². The van der Waals surface area contributed by atoms with Crippen LogP contribution < -0.4 is 4.74 Å². The van der Waals surface area contributed by atoms with Gasteiger partial charge in [-0.1, -0.05) is 37.6 Å². The van der Waals surface area contributed by atoms with Gasteiger partial charge in [0.1, 0.15) is 5.75 Å². The fourth-order valence-corrected chi connectivity index (χ4v) is 2.21. The highest BCUT2D eigenvalue weighted by Gasteiger charge is 2.32. The summed E-state index contributed by atoms with van der Waals surface area (Å²) in [6, 6.07) is 6.69. The lowest BCUT2D eigenvalue weighted by Gasteiger charge is -2.14. The first-order valence-corrected chi connectivity index (χ1v) is 7.56. The molecule has 2 aromatic carbocycles. The highest BCUT2D eigenvalue weighted by atomic mass is 19.2. The van der Waals surface area contributed by atoms with Gasteiger partial charge in [0.25, 0.3) is 0 Å². The Morgan fingerprint density at radius 2 is 1.60 bits per heavy atom. The van der Waals surface area contributed by atoms with Crippen LogP contribution >= 0.6 is 0 Å². The number of benzene rings is 2. The van der Waals surface area contributed by atoms with E-state index in [9.17, 15) is 26.7 Å². The third-order valence-corrected chi connectivity index (χ3v) is 3.49. The van der Waals surface area contributed by atoms with Crippen LogP contribution in [0.1, 0.15) is 30.6 Å². The Hall–Kier alpha value is -2.44. The molecule has 134 valence electrons. The Labute approximate surface area is 141 Å². The Morgan fingerprint density at radius 1 is 1.04 bits per heavy atom. The second-order valence-corrected chi connectivity index (χ2v) is 5.42. The molecule has 0 spiro atoms. The number of aryl methyl sites for hydroxylation is 1. The van der Waals surface area contributed by atoms with Gasteiger partial charge < -0.3 is 4.74 Å². The molecule has 7 heteroatoms. The van der Waals surface area contributed by atoms with Crippen LogP contribution in [0.4, 0.5) is 22.0 Å². The molecule has 0 N–H and O–H groups in total. The number of carbonyl (C=O) groups is 1. The van der Waals surface area contributed by atoms with Crippen LogP contribution in [0.3, 0.4) is 0 Å². The van der Waals surface area contributed by atoms with Crippen molar-refractivity contribution >= 4 is 5.97 Å². The van der Waals surface area contributed by atoms with Crippen molar-refractivity contribution in [3.05, 3.63) is 65.0 Å². The van der Waals surface area contributed by atoms with E-state index in [0.717, 1.165) is 18.4 Å². The summed E-state index contributed by atoms with van der Waals surface area (Å²) >= 11 is 0. The molecule has 0 aliphatic carbocycles. The first kappa shape index (κ1) is 18.9. The standard InChI is InChI=1S/C18H15F5O2/c1-2-3-10-4-6-11(7-5-10)15(21)17(23)18(24)25-12-8-13(19)16(22)14(20)9-12/h4-9,15,17H,2-3H2,1H3. The van der Waals surface area contributed by atoms with Crippen molar-refractivity contribution in [3.63, 3.8) is 0 Å². The van der Waals surface area contributed by atoms with Crippen molar-refractivity contribution in [2.75, 3.05) is 0 Å². The number of halogens is 5. The fourth-order valence-electron chi connectivity index (χ4n) is 2.21. The third kappa shape index (κ3) is 4.55. The van der Waals surface area contributed by atoms with Gasteiger partial charge in [0.15, 0.2) is 23.6 Å². The van der Waals surface area contributed by atoms with E-state index in [1.54, 1.807) is 12.1 Å². The number of ether oxygens (including phenoxy) is 1. The van der Waals surface area contributed by atoms with Gasteiger partial charge in [-0.3, -0.25) is 0 Å². The van der Waals surface area contributed by atoms with Crippen LogP contribution in [0.5, 0.6) is 5.75 Å². The molecule has 25 heavy (non-hydrogen) atoms. The quantitative estimate of drug-likeness (QED) is 0.314. The maximum atomic E-state index is 14.1. The van der Waals surface area contributed by atoms with Gasteiger partial charge in [0.05, 0.1) is 0 Å². The predicted octanol–water partition coefficient (Wildman–Crippen LogP) is 5.01. The molecule has 0 aliphatic heterocycles. The van der Waals surface area contributed by atoms with Crippen molar-refractivity contribution in [2.45, 2.75) is 32.1 Å². The number of hydrogen-bond acceptors (Lipinski definition) is 2.